The maximum Gasteiger partial charge on any atom is 0.224 e. The lowest BCUT2D eigenvalue weighted by Gasteiger charge is -2.27. The van der Waals surface area contributed by atoms with Crippen molar-refractivity contribution in [3.05, 3.63) is 12.3 Å². The molecule has 0 saturated carbocycles. The topological polar surface area (TPSA) is 58.1 Å². The average molecular weight is 240 g/mol. The van der Waals surface area contributed by atoms with Crippen molar-refractivity contribution in [1.29, 1.82) is 0 Å². The molecule has 0 unspecified atom stereocenters. The van der Waals surface area contributed by atoms with Crippen molar-refractivity contribution in [3.8, 4) is 0 Å². The van der Waals surface area contributed by atoms with E-state index in [0.717, 1.165) is 37.0 Å². The monoisotopic (exact) mass is 240 g/mol. The lowest BCUT2D eigenvalue weighted by atomic mass is 10.4. The van der Waals surface area contributed by atoms with Crippen LogP contribution in [0.15, 0.2) is 12.3 Å². The fourth-order valence-electron chi connectivity index (χ4n) is 1.64. The Morgan fingerprint density at radius 3 is 2.94 bits per heavy atom. The Hall–Kier alpha value is -1.17. The van der Waals surface area contributed by atoms with Crippen molar-refractivity contribution in [1.82, 2.24) is 9.97 Å². The Morgan fingerprint density at radius 1 is 1.50 bits per heavy atom. The highest BCUT2D eigenvalue weighted by atomic mass is 32.2. The second-order valence-electron chi connectivity index (χ2n) is 3.60. The molecule has 88 valence electrons. The number of nitrogens with zero attached hydrogens (tertiary/aromatic N) is 3. The van der Waals surface area contributed by atoms with Gasteiger partial charge in [-0.1, -0.05) is 0 Å². The molecule has 2 heterocycles. The summed E-state index contributed by atoms with van der Waals surface area (Å²) in [6, 6.07) is 1.90. The van der Waals surface area contributed by atoms with Crippen molar-refractivity contribution < 1.29 is 4.21 Å². The number of aromatic nitrogens is 2. The van der Waals surface area contributed by atoms with Gasteiger partial charge in [0.05, 0.1) is 0 Å². The minimum atomic E-state index is -0.644. The molecule has 5 nitrogen and oxygen atoms in total. The van der Waals surface area contributed by atoms with E-state index in [-0.39, 0.29) is 0 Å². The molecule has 1 N–H and O–H groups in total. The number of rotatable bonds is 3. The van der Waals surface area contributed by atoms with Gasteiger partial charge < -0.3 is 10.2 Å². The fraction of sp³-hybridized carbons (Fsp3) is 0.600. The SMILES string of the molecule is CCNc1nccc(N2CCS(=O)CC2)n1. The molecule has 6 heteroatoms. The summed E-state index contributed by atoms with van der Waals surface area (Å²) in [7, 11) is -0.644. The molecule has 2 rings (SSSR count). The van der Waals surface area contributed by atoms with Gasteiger partial charge in [-0.05, 0) is 13.0 Å². The zero-order chi connectivity index (χ0) is 11.4. The van der Waals surface area contributed by atoms with E-state index in [2.05, 4.69) is 20.2 Å². The largest absolute Gasteiger partial charge is 0.355 e. The second kappa shape index (κ2) is 5.25. The highest BCUT2D eigenvalue weighted by molar-refractivity contribution is 7.85. The van der Waals surface area contributed by atoms with Crippen molar-refractivity contribution in [2.45, 2.75) is 6.92 Å². The third-order valence-corrected chi connectivity index (χ3v) is 3.75. The van der Waals surface area contributed by atoms with Gasteiger partial charge >= 0.3 is 0 Å². The summed E-state index contributed by atoms with van der Waals surface area (Å²) >= 11 is 0. The Labute approximate surface area is 97.7 Å². The molecule has 0 spiro atoms. The summed E-state index contributed by atoms with van der Waals surface area (Å²) in [6.45, 7) is 4.46. The lowest BCUT2D eigenvalue weighted by molar-refractivity contribution is 0.672. The average Bonchev–Trinajstić information content (AvgIpc) is 2.31. The molecule has 0 amide bonds. The molecule has 0 radical (unpaired) electrons. The summed E-state index contributed by atoms with van der Waals surface area (Å²) in [4.78, 5) is 10.7. The molecule has 0 bridgehead atoms. The Bertz CT molecular complexity index is 375. The van der Waals surface area contributed by atoms with Crippen LogP contribution in [0.1, 0.15) is 6.92 Å². The van der Waals surface area contributed by atoms with E-state index in [9.17, 15) is 4.21 Å². The third kappa shape index (κ3) is 2.69. The quantitative estimate of drug-likeness (QED) is 0.832. The van der Waals surface area contributed by atoms with Crippen molar-refractivity contribution >= 4 is 22.6 Å². The van der Waals surface area contributed by atoms with Gasteiger partial charge in [0.25, 0.3) is 0 Å². The molecule has 1 fully saturated rings. The zero-order valence-electron chi connectivity index (χ0n) is 9.35. The predicted molar refractivity (Wildman–Crippen MR) is 66.3 cm³/mol. The molecule has 1 aromatic heterocycles. The highest BCUT2D eigenvalue weighted by Crippen LogP contribution is 2.14. The van der Waals surface area contributed by atoms with Crippen LogP contribution >= 0.6 is 0 Å². The normalized spacial score (nSPS) is 17.4. The van der Waals surface area contributed by atoms with Gasteiger partial charge in [0.2, 0.25) is 5.95 Å². The smallest absolute Gasteiger partial charge is 0.224 e. The van der Waals surface area contributed by atoms with E-state index in [0.29, 0.717) is 5.95 Å². The zero-order valence-corrected chi connectivity index (χ0v) is 10.2. The Balaban J connectivity index is 2.08. The van der Waals surface area contributed by atoms with Gasteiger partial charge in [-0.3, -0.25) is 4.21 Å². The van der Waals surface area contributed by atoms with Gasteiger partial charge in [0.15, 0.2) is 0 Å². The number of hydrogen-bond acceptors (Lipinski definition) is 5. The second-order valence-corrected chi connectivity index (χ2v) is 5.30. The summed E-state index contributed by atoms with van der Waals surface area (Å²) in [5.41, 5.74) is 0. The van der Waals surface area contributed by atoms with E-state index < -0.39 is 10.8 Å². The van der Waals surface area contributed by atoms with E-state index in [1.54, 1.807) is 6.20 Å². The molecule has 1 aliphatic heterocycles. The Kier molecular flexibility index (Phi) is 3.71. The standard InChI is InChI=1S/C10H16N4OS/c1-2-11-10-12-4-3-9(13-10)14-5-7-16(15)8-6-14/h3-4H,2,5-8H2,1H3,(H,11,12,13). The minimum Gasteiger partial charge on any atom is -0.355 e. The molecule has 0 atom stereocenters. The molecule has 1 saturated heterocycles. The van der Waals surface area contributed by atoms with Crippen LogP contribution < -0.4 is 10.2 Å². The first kappa shape index (κ1) is 11.3. The molecule has 16 heavy (non-hydrogen) atoms. The molecule has 1 aromatic rings. The number of nitrogens with one attached hydrogen (secondary N) is 1. The van der Waals surface area contributed by atoms with E-state index in [1.165, 1.54) is 0 Å². The van der Waals surface area contributed by atoms with Gasteiger partial charge in [0.1, 0.15) is 5.82 Å². The van der Waals surface area contributed by atoms with Crippen molar-refractivity contribution in [2.24, 2.45) is 0 Å². The fourth-order valence-corrected chi connectivity index (χ4v) is 2.69. The molecular weight excluding hydrogens is 224 g/mol. The number of hydrogen-bond donors (Lipinski definition) is 1. The first-order chi connectivity index (χ1) is 7.79. The molecular formula is C10H16N4OS. The van der Waals surface area contributed by atoms with E-state index >= 15 is 0 Å². The van der Waals surface area contributed by atoms with Crippen LogP contribution in [-0.4, -0.2) is 45.3 Å². The maximum atomic E-state index is 11.2. The maximum absolute atomic E-state index is 11.2. The minimum absolute atomic E-state index is 0.644. The predicted octanol–water partition coefficient (Wildman–Crippen LogP) is 0.477. The van der Waals surface area contributed by atoms with Crippen molar-refractivity contribution in [3.63, 3.8) is 0 Å². The van der Waals surface area contributed by atoms with Gasteiger partial charge in [-0.15, -0.1) is 0 Å². The van der Waals surface area contributed by atoms with Crippen LogP contribution in [0.2, 0.25) is 0 Å². The lowest BCUT2D eigenvalue weighted by Crippen LogP contribution is -2.38. The molecule has 1 aliphatic rings. The van der Waals surface area contributed by atoms with E-state index in [4.69, 9.17) is 0 Å². The van der Waals surface area contributed by atoms with Gasteiger partial charge in [-0.2, -0.15) is 4.98 Å². The van der Waals surface area contributed by atoms with Crippen LogP contribution in [0.3, 0.4) is 0 Å². The van der Waals surface area contributed by atoms with Crippen LogP contribution in [0.4, 0.5) is 11.8 Å². The van der Waals surface area contributed by atoms with Gasteiger partial charge in [0, 0.05) is 48.1 Å². The summed E-state index contributed by atoms with van der Waals surface area (Å²) in [6.07, 6.45) is 1.76. The third-order valence-electron chi connectivity index (χ3n) is 2.48. The first-order valence-corrected chi connectivity index (χ1v) is 6.95. The van der Waals surface area contributed by atoms with E-state index in [1.807, 2.05) is 13.0 Å². The molecule has 0 aliphatic carbocycles. The first-order valence-electron chi connectivity index (χ1n) is 5.46. The van der Waals surface area contributed by atoms with Crippen LogP contribution in [0.5, 0.6) is 0 Å². The van der Waals surface area contributed by atoms with Crippen LogP contribution in [0, 0.1) is 0 Å². The van der Waals surface area contributed by atoms with Crippen LogP contribution in [-0.2, 0) is 10.8 Å². The molecule has 0 aromatic carbocycles. The van der Waals surface area contributed by atoms with Gasteiger partial charge in [-0.25, -0.2) is 4.98 Å². The summed E-state index contributed by atoms with van der Waals surface area (Å²) in [5, 5.41) is 3.09. The Morgan fingerprint density at radius 2 is 2.25 bits per heavy atom. The summed E-state index contributed by atoms with van der Waals surface area (Å²) in [5.74, 6) is 3.05. The van der Waals surface area contributed by atoms with Crippen LogP contribution in [0.25, 0.3) is 0 Å². The highest BCUT2D eigenvalue weighted by Gasteiger charge is 2.16. The van der Waals surface area contributed by atoms with Crippen molar-refractivity contribution in [2.75, 3.05) is 41.4 Å². The summed E-state index contributed by atoms with van der Waals surface area (Å²) < 4.78 is 11.2. The number of anilines is 2.